The van der Waals surface area contributed by atoms with Gasteiger partial charge in [-0.3, -0.25) is 0 Å². The van der Waals surface area contributed by atoms with Gasteiger partial charge in [-0.15, -0.1) is 0 Å². The number of hydrogen-bond acceptors (Lipinski definition) is 2. The van der Waals surface area contributed by atoms with E-state index in [0.717, 1.165) is 0 Å². The van der Waals surface area contributed by atoms with E-state index in [1.807, 2.05) is 0 Å². The Morgan fingerprint density at radius 1 is 0.449 bits per heavy atom. The van der Waals surface area contributed by atoms with Crippen LogP contribution in [0.3, 0.4) is 0 Å². The maximum absolute atomic E-state index is 14.6. The highest BCUT2D eigenvalue weighted by molar-refractivity contribution is 6.22. The van der Waals surface area contributed by atoms with Crippen molar-refractivity contribution in [2.45, 2.75) is 70.8 Å². The molecule has 49 heavy (non-hydrogen) atoms. The quantitative estimate of drug-likeness (QED) is 0.129. The van der Waals surface area contributed by atoms with Crippen LogP contribution in [0.15, 0.2) is 33.5 Å². The Morgan fingerprint density at radius 2 is 0.816 bits per heavy atom. The Hall–Kier alpha value is -3.03. The van der Waals surface area contributed by atoms with Gasteiger partial charge in [0.1, 0.15) is 11.1 Å². The molecule has 1 aromatic carbocycles. The van der Waals surface area contributed by atoms with Crippen molar-refractivity contribution >= 4 is 22.6 Å². The van der Waals surface area contributed by atoms with Crippen LogP contribution in [-0.4, -0.2) is 58.9 Å². The molecule has 0 bridgehead atoms. The largest absolute Gasteiger partial charge is 0.460 e. The minimum absolute atomic E-state index is 0.442. The molecule has 0 aliphatic heterocycles. The molecule has 2 rings (SSSR count). The van der Waals surface area contributed by atoms with Gasteiger partial charge in [0.05, 0.1) is 0 Å². The molecule has 0 aliphatic carbocycles. The van der Waals surface area contributed by atoms with Crippen LogP contribution in [0.1, 0.15) is 11.1 Å². The fourth-order valence-corrected chi connectivity index (χ4v) is 3.55. The summed E-state index contributed by atoms with van der Waals surface area (Å²) in [6.45, 7) is 0. The molecule has 0 N–H and O–H groups in total. The van der Waals surface area contributed by atoms with Gasteiger partial charge in [0, 0.05) is 10.9 Å². The highest BCUT2D eigenvalue weighted by atomic mass is 35.5. The normalized spacial score (nSPS) is 16.0. The molecule has 2 aromatic rings. The zero-order valence-corrected chi connectivity index (χ0v) is 22.2. The van der Waals surface area contributed by atoms with E-state index in [1.54, 1.807) is 0 Å². The molecule has 1 aromatic heterocycles. The Bertz CT molecular complexity index is 1630. The van der Waals surface area contributed by atoms with Crippen LogP contribution in [0, 0.1) is 0 Å². The fourth-order valence-electron chi connectivity index (χ4n) is 3.43. The van der Waals surface area contributed by atoms with Crippen LogP contribution in [0.5, 0.6) is 0 Å². The molecule has 0 saturated carbocycles. The third-order valence-corrected chi connectivity index (χ3v) is 6.54. The highest BCUT2D eigenvalue weighted by Gasteiger charge is 2.92. The van der Waals surface area contributed by atoms with Crippen molar-refractivity contribution in [2.24, 2.45) is 0 Å². The maximum atomic E-state index is 14.6. The van der Waals surface area contributed by atoms with E-state index in [9.17, 15) is 115 Å². The summed E-state index contributed by atoms with van der Waals surface area (Å²) in [5.41, 5.74) is -11.4. The first-order chi connectivity index (χ1) is 21.1. The maximum Gasteiger partial charge on any atom is 0.460 e. The van der Waals surface area contributed by atoms with Gasteiger partial charge in [-0.25, -0.2) is 4.79 Å². The molecule has 0 amide bonds. The molecular formula is C21H4ClF25O2. The minimum Gasteiger partial charge on any atom is -0.422 e. The van der Waals surface area contributed by atoms with Crippen molar-refractivity contribution < 1.29 is 114 Å². The van der Waals surface area contributed by atoms with E-state index in [2.05, 4.69) is 16.0 Å². The van der Waals surface area contributed by atoms with Gasteiger partial charge in [0.25, 0.3) is 0 Å². The first kappa shape index (κ1) is 42.1. The molecular weight excluding hydrogens is 795 g/mol. The topological polar surface area (TPSA) is 30.2 Å². The van der Waals surface area contributed by atoms with Crippen molar-refractivity contribution in [3.05, 3.63) is 45.8 Å². The van der Waals surface area contributed by atoms with Gasteiger partial charge in [0.15, 0.2) is 0 Å². The zero-order valence-electron chi connectivity index (χ0n) is 21.5. The molecule has 0 radical (unpaired) electrons. The highest BCUT2D eigenvalue weighted by Crippen LogP contribution is 2.64. The predicted molar refractivity (Wildman–Crippen MR) is 107 cm³/mol. The molecule has 0 fully saturated rings. The van der Waals surface area contributed by atoms with E-state index < -0.39 is 123 Å². The number of hydrogen-bond donors (Lipinski definition) is 0. The molecule has 0 unspecified atom stereocenters. The lowest BCUT2D eigenvalue weighted by Crippen LogP contribution is -2.69. The smallest absolute Gasteiger partial charge is 0.422 e. The fraction of sp³-hybridized carbons (Fsp3) is 0.571. The standard InChI is InChI=1S/C21H4ClF25O2/c22-20(43,44)18(39,40)16(35,36)15(33,34)13(29,30)11(25,26)7-4-5-3-6(1-2-8(5)49-9(7)48)10(23,24)12(27,28)14(31,32)17(37,38)19(41,42)21(45,46)47/h1-4H. The van der Waals surface area contributed by atoms with Crippen molar-refractivity contribution in [1.29, 1.82) is 0 Å². The molecule has 282 valence electrons. The summed E-state index contributed by atoms with van der Waals surface area (Å²) in [6.07, 6.45) is -7.82. The Labute approximate surface area is 254 Å². The third-order valence-electron chi connectivity index (χ3n) is 6.30. The lowest BCUT2D eigenvalue weighted by Gasteiger charge is -2.40. The Morgan fingerprint density at radius 3 is 1.20 bits per heavy atom. The average Bonchev–Trinajstić information content (AvgIpc) is 2.90. The summed E-state index contributed by atoms with van der Waals surface area (Å²) in [4.78, 5) is 11.8. The van der Waals surface area contributed by atoms with E-state index in [-0.39, 0.29) is 0 Å². The molecule has 1 heterocycles. The number of benzene rings is 1. The summed E-state index contributed by atoms with van der Waals surface area (Å²) in [5, 5.41) is -9.01. The molecule has 0 spiro atoms. The molecule has 2 nitrogen and oxygen atoms in total. The van der Waals surface area contributed by atoms with Crippen molar-refractivity contribution in [3.63, 3.8) is 0 Å². The van der Waals surface area contributed by atoms with Crippen molar-refractivity contribution in [2.75, 3.05) is 0 Å². The van der Waals surface area contributed by atoms with Gasteiger partial charge < -0.3 is 4.42 Å². The van der Waals surface area contributed by atoms with Crippen molar-refractivity contribution in [3.8, 4) is 0 Å². The third kappa shape index (κ3) is 5.40. The average molecular weight is 799 g/mol. The summed E-state index contributed by atoms with van der Waals surface area (Å²) in [7, 11) is 0. The van der Waals surface area contributed by atoms with Gasteiger partial charge in [-0.2, -0.15) is 110 Å². The number of alkyl halides is 26. The van der Waals surface area contributed by atoms with E-state index >= 15 is 0 Å². The summed E-state index contributed by atoms with van der Waals surface area (Å²) < 4.78 is 343. The molecule has 0 aliphatic rings. The van der Waals surface area contributed by atoms with E-state index in [0.29, 0.717) is 0 Å². The Kier molecular flexibility index (Phi) is 9.45. The molecule has 28 heteroatoms. The first-order valence-electron chi connectivity index (χ1n) is 11.1. The van der Waals surface area contributed by atoms with Crippen LogP contribution in [0.2, 0.25) is 0 Å². The van der Waals surface area contributed by atoms with E-state index in [1.165, 1.54) is 0 Å². The number of halogens is 26. The minimum atomic E-state index is -8.44. The molecule has 0 atom stereocenters. The lowest BCUT2D eigenvalue weighted by atomic mass is 9.89. The van der Waals surface area contributed by atoms with Crippen LogP contribution in [-0.2, 0) is 11.8 Å². The lowest BCUT2D eigenvalue weighted by molar-refractivity contribution is -0.441. The SMILES string of the molecule is O=c1oc2ccc(C(F)(F)C(F)(F)C(F)(F)C(F)(F)C(F)(F)C(F)(F)F)cc2cc1C(F)(F)C(F)(F)C(F)(F)C(F)(F)C(F)(F)C(F)(F)Cl. The van der Waals surface area contributed by atoms with Crippen LogP contribution in [0.25, 0.3) is 11.0 Å². The second-order valence-corrected chi connectivity index (χ2v) is 9.91. The predicted octanol–water partition coefficient (Wildman–Crippen LogP) is 10.5. The summed E-state index contributed by atoms with van der Waals surface area (Å²) >= 11 is 3.48. The van der Waals surface area contributed by atoms with Gasteiger partial charge in [-0.1, -0.05) is 0 Å². The van der Waals surface area contributed by atoms with Gasteiger partial charge in [0.2, 0.25) is 0 Å². The summed E-state index contributed by atoms with van der Waals surface area (Å²) in [6, 6.07) is -3.44. The van der Waals surface area contributed by atoms with E-state index in [4.69, 9.17) is 0 Å². The van der Waals surface area contributed by atoms with Crippen LogP contribution in [0.4, 0.5) is 110 Å². The van der Waals surface area contributed by atoms with Crippen molar-refractivity contribution in [1.82, 2.24) is 0 Å². The summed E-state index contributed by atoms with van der Waals surface area (Å²) in [5.74, 6) is -80.4. The first-order valence-corrected chi connectivity index (χ1v) is 11.5. The van der Waals surface area contributed by atoms with Crippen LogP contribution < -0.4 is 5.63 Å². The van der Waals surface area contributed by atoms with Gasteiger partial charge >= 0.3 is 76.4 Å². The number of rotatable bonds is 11. The zero-order chi connectivity index (χ0) is 39.4. The second kappa shape index (κ2) is 11.0. The molecule has 0 saturated heterocycles. The number of fused-ring (bicyclic) bond motifs is 1. The Balaban J connectivity index is 2.83. The van der Waals surface area contributed by atoms with Gasteiger partial charge in [-0.05, 0) is 35.9 Å². The second-order valence-electron chi connectivity index (χ2n) is 9.44. The monoisotopic (exact) mass is 798 g/mol. The van der Waals surface area contributed by atoms with Crippen LogP contribution >= 0.6 is 11.6 Å².